The quantitative estimate of drug-likeness (QED) is 0.798. The Balaban J connectivity index is 2.05. The highest BCUT2D eigenvalue weighted by atomic mass is 19.4. The molecular formula is C15H22F3N3O3. The summed E-state index contributed by atoms with van der Waals surface area (Å²) >= 11 is 0. The second-order valence-corrected chi connectivity index (χ2v) is 6.99. The summed E-state index contributed by atoms with van der Waals surface area (Å²) in [6.45, 7) is 5.70. The van der Waals surface area contributed by atoms with E-state index in [9.17, 15) is 22.8 Å². The Hall–Kier alpha value is -1.77. The molecule has 0 saturated carbocycles. The van der Waals surface area contributed by atoms with Gasteiger partial charge in [-0.2, -0.15) is 13.2 Å². The Morgan fingerprint density at radius 1 is 1.29 bits per heavy atom. The summed E-state index contributed by atoms with van der Waals surface area (Å²) in [6.07, 6.45) is -2.71. The van der Waals surface area contributed by atoms with E-state index in [4.69, 9.17) is 4.84 Å². The van der Waals surface area contributed by atoms with E-state index in [2.05, 4.69) is 10.8 Å². The molecule has 2 rings (SSSR count). The largest absolute Gasteiger partial charge is 0.471 e. The third-order valence-electron chi connectivity index (χ3n) is 3.96. The molecule has 2 aliphatic heterocycles. The monoisotopic (exact) mass is 349 g/mol. The van der Waals surface area contributed by atoms with Crippen LogP contribution in [-0.4, -0.2) is 41.6 Å². The topological polar surface area (TPSA) is 70.7 Å². The van der Waals surface area contributed by atoms with Gasteiger partial charge in [0, 0.05) is 12.0 Å². The van der Waals surface area contributed by atoms with Crippen LogP contribution in [0, 0.1) is 5.41 Å². The molecule has 24 heavy (non-hydrogen) atoms. The molecule has 1 fully saturated rings. The number of nitrogens with one attached hydrogen (secondary N) is 2. The summed E-state index contributed by atoms with van der Waals surface area (Å²) < 4.78 is 38.1. The van der Waals surface area contributed by atoms with Gasteiger partial charge in [0.2, 0.25) is 5.91 Å². The van der Waals surface area contributed by atoms with E-state index < -0.39 is 30.2 Å². The molecule has 0 aromatic rings. The summed E-state index contributed by atoms with van der Waals surface area (Å²) in [5.41, 5.74) is 2.34. The maximum absolute atomic E-state index is 12.7. The summed E-state index contributed by atoms with van der Waals surface area (Å²) in [5.74, 6) is -1.97. The minimum Gasteiger partial charge on any atom is -0.410 e. The number of likely N-dealkylation sites (tertiary alicyclic amines) is 1. The number of halogens is 3. The Morgan fingerprint density at radius 3 is 2.50 bits per heavy atom. The maximum atomic E-state index is 12.7. The first-order valence-electron chi connectivity index (χ1n) is 7.83. The fraction of sp³-hybridized carbons (Fsp3) is 0.733. The van der Waals surface area contributed by atoms with E-state index in [0.717, 1.165) is 0 Å². The number of hydrogen-bond donors (Lipinski definition) is 2. The number of allylic oxidation sites excluding steroid dienone is 1. The van der Waals surface area contributed by atoms with Crippen molar-refractivity contribution >= 4 is 11.8 Å². The molecule has 0 bridgehead atoms. The summed E-state index contributed by atoms with van der Waals surface area (Å²) in [6, 6.07) is -1.12. The standard InChI is InChI=1S/C15H22F3N3O3/c1-14(2,3)10-8-11(20-24-10)19-12(22)9-6-4-5-7-21(9)13(23)15(16,17)18/h8-9,11,20H,4-7H2,1-3H3,(H,19,22)/t9-,11?/m0/s1. The number of hydrogen-bond acceptors (Lipinski definition) is 4. The van der Waals surface area contributed by atoms with Crippen LogP contribution < -0.4 is 10.8 Å². The number of nitrogens with zero attached hydrogens (tertiary/aromatic N) is 1. The minimum atomic E-state index is -4.98. The number of amides is 2. The zero-order valence-electron chi connectivity index (χ0n) is 13.9. The second-order valence-electron chi connectivity index (χ2n) is 6.99. The Labute approximate surface area is 138 Å². The average molecular weight is 349 g/mol. The van der Waals surface area contributed by atoms with Crippen molar-refractivity contribution in [3.05, 3.63) is 11.8 Å². The molecule has 0 aliphatic carbocycles. The lowest BCUT2D eigenvalue weighted by atomic mass is 9.93. The molecule has 9 heteroatoms. The second kappa shape index (κ2) is 6.62. The molecule has 2 heterocycles. The molecule has 0 aromatic carbocycles. The zero-order chi connectivity index (χ0) is 18.1. The number of alkyl halides is 3. The van der Waals surface area contributed by atoms with Gasteiger partial charge in [0.05, 0.1) is 0 Å². The highest BCUT2D eigenvalue weighted by Gasteiger charge is 2.47. The van der Waals surface area contributed by atoms with Crippen molar-refractivity contribution in [1.29, 1.82) is 0 Å². The summed E-state index contributed by atoms with van der Waals surface area (Å²) in [5, 5.41) is 2.57. The number of piperidine rings is 1. The third kappa shape index (κ3) is 4.19. The van der Waals surface area contributed by atoms with Crippen LogP contribution in [-0.2, 0) is 14.4 Å². The fourth-order valence-corrected chi connectivity index (χ4v) is 2.68. The number of carbonyl (C=O) groups is 2. The van der Waals surface area contributed by atoms with Gasteiger partial charge in [-0.25, -0.2) is 0 Å². The molecule has 2 amide bonds. The van der Waals surface area contributed by atoms with Gasteiger partial charge >= 0.3 is 12.1 Å². The van der Waals surface area contributed by atoms with Gasteiger partial charge in [0.25, 0.3) is 0 Å². The van der Waals surface area contributed by atoms with Gasteiger partial charge in [-0.3, -0.25) is 9.59 Å². The van der Waals surface area contributed by atoms with Crippen molar-refractivity contribution in [3.63, 3.8) is 0 Å². The zero-order valence-corrected chi connectivity index (χ0v) is 13.9. The highest BCUT2D eigenvalue weighted by Crippen LogP contribution is 2.29. The Morgan fingerprint density at radius 2 is 1.96 bits per heavy atom. The summed E-state index contributed by atoms with van der Waals surface area (Å²) in [4.78, 5) is 29.8. The van der Waals surface area contributed by atoms with E-state index in [1.807, 2.05) is 20.8 Å². The Kier molecular flexibility index (Phi) is 5.12. The summed E-state index contributed by atoms with van der Waals surface area (Å²) in [7, 11) is 0. The molecule has 1 unspecified atom stereocenters. The van der Waals surface area contributed by atoms with E-state index in [-0.39, 0.29) is 18.4 Å². The first-order valence-corrected chi connectivity index (χ1v) is 7.83. The van der Waals surface area contributed by atoms with Gasteiger partial charge in [-0.05, 0) is 25.3 Å². The van der Waals surface area contributed by atoms with Crippen LogP contribution in [0.2, 0.25) is 0 Å². The molecular weight excluding hydrogens is 327 g/mol. The van der Waals surface area contributed by atoms with E-state index in [1.165, 1.54) is 0 Å². The lowest BCUT2D eigenvalue weighted by Crippen LogP contribution is -2.57. The van der Waals surface area contributed by atoms with Gasteiger partial charge in [-0.15, -0.1) is 5.48 Å². The van der Waals surface area contributed by atoms with Gasteiger partial charge in [0.1, 0.15) is 18.0 Å². The molecule has 6 nitrogen and oxygen atoms in total. The average Bonchev–Trinajstić information content (AvgIpc) is 2.94. The predicted molar refractivity (Wildman–Crippen MR) is 79.1 cm³/mol. The number of carbonyl (C=O) groups excluding carboxylic acids is 2. The van der Waals surface area contributed by atoms with Crippen LogP contribution in [0.3, 0.4) is 0 Å². The van der Waals surface area contributed by atoms with Crippen LogP contribution in [0.1, 0.15) is 40.0 Å². The molecule has 0 radical (unpaired) electrons. The van der Waals surface area contributed by atoms with Crippen LogP contribution in [0.5, 0.6) is 0 Å². The van der Waals surface area contributed by atoms with Gasteiger partial charge in [0.15, 0.2) is 0 Å². The highest BCUT2D eigenvalue weighted by molar-refractivity contribution is 5.90. The molecule has 2 atom stereocenters. The van der Waals surface area contributed by atoms with Crippen molar-refractivity contribution in [3.8, 4) is 0 Å². The van der Waals surface area contributed by atoms with Crippen molar-refractivity contribution in [1.82, 2.24) is 15.7 Å². The van der Waals surface area contributed by atoms with E-state index >= 15 is 0 Å². The number of hydroxylamine groups is 1. The van der Waals surface area contributed by atoms with Crippen molar-refractivity contribution in [2.24, 2.45) is 5.41 Å². The maximum Gasteiger partial charge on any atom is 0.471 e. The van der Waals surface area contributed by atoms with Crippen LogP contribution in [0.25, 0.3) is 0 Å². The molecule has 1 saturated heterocycles. The van der Waals surface area contributed by atoms with Crippen LogP contribution in [0.4, 0.5) is 13.2 Å². The number of rotatable bonds is 2. The molecule has 0 spiro atoms. The molecule has 2 aliphatic rings. The van der Waals surface area contributed by atoms with Crippen molar-refractivity contribution in [2.75, 3.05) is 6.54 Å². The van der Waals surface area contributed by atoms with Crippen molar-refractivity contribution < 1.29 is 27.6 Å². The third-order valence-corrected chi connectivity index (χ3v) is 3.96. The van der Waals surface area contributed by atoms with Gasteiger partial charge < -0.3 is 15.1 Å². The lowest BCUT2D eigenvalue weighted by Gasteiger charge is -2.35. The molecule has 0 aromatic heterocycles. The normalized spacial score (nSPS) is 25.1. The molecule has 2 N–H and O–H groups in total. The first kappa shape index (κ1) is 18.6. The lowest BCUT2D eigenvalue weighted by molar-refractivity contribution is -0.189. The minimum absolute atomic E-state index is 0.0753. The fourth-order valence-electron chi connectivity index (χ4n) is 2.68. The molecule has 136 valence electrons. The van der Waals surface area contributed by atoms with Crippen LogP contribution >= 0.6 is 0 Å². The SMILES string of the molecule is CC(C)(C)C1=CC(NC(=O)[C@@H]2CCCCN2C(=O)C(F)(F)F)NO1. The van der Waals surface area contributed by atoms with E-state index in [0.29, 0.717) is 23.5 Å². The van der Waals surface area contributed by atoms with Crippen LogP contribution in [0.15, 0.2) is 11.8 Å². The Bertz CT molecular complexity index is 540. The van der Waals surface area contributed by atoms with Gasteiger partial charge in [-0.1, -0.05) is 20.8 Å². The smallest absolute Gasteiger partial charge is 0.410 e. The first-order chi connectivity index (χ1) is 11.0. The van der Waals surface area contributed by atoms with E-state index in [1.54, 1.807) is 6.08 Å². The van der Waals surface area contributed by atoms with Crippen molar-refractivity contribution in [2.45, 2.75) is 58.4 Å². The predicted octanol–water partition coefficient (Wildman–Crippen LogP) is 1.84.